The molecule has 0 aliphatic rings. The number of anilines is 1. The molecule has 0 radical (unpaired) electrons. The Balaban J connectivity index is 2.15. The molecule has 25 heavy (non-hydrogen) atoms. The summed E-state index contributed by atoms with van der Waals surface area (Å²) in [6.45, 7) is 3.44. The van der Waals surface area contributed by atoms with Crippen molar-refractivity contribution in [1.82, 2.24) is 9.88 Å². The maximum atomic E-state index is 13.3. The molecule has 0 spiro atoms. The predicted octanol–water partition coefficient (Wildman–Crippen LogP) is 4.67. The van der Waals surface area contributed by atoms with Crippen molar-refractivity contribution in [2.24, 2.45) is 0 Å². The van der Waals surface area contributed by atoms with Gasteiger partial charge in [-0.25, -0.2) is 4.39 Å². The first-order valence-electron chi connectivity index (χ1n) is 7.94. The third kappa shape index (κ3) is 5.63. The molecule has 4 nitrogen and oxygen atoms in total. The van der Waals surface area contributed by atoms with Crippen molar-refractivity contribution >= 4 is 34.6 Å². The summed E-state index contributed by atoms with van der Waals surface area (Å²) < 4.78 is 18.5. The lowest BCUT2D eigenvalue weighted by Crippen LogP contribution is -2.38. The summed E-state index contributed by atoms with van der Waals surface area (Å²) in [5, 5.41) is 3.74. The van der Waals surface area contributed by atoms with Crippen LogP contribution in [0.3, 0.4) is 0 Å². The first kappa shape index (κ1) is 19.6. The largest absolute Gasteiger partial charge is 0.385 e. The summed E-state index contributed by atoms with van der Waals surface area (Å²) in [5.74, 6) is -0.458. The summed E-state index contributed by atoms with van der Waals surface area (Å²) >= 11 is 11.4. The maximum absolute atomic E-state index is 13.3. The minimum absolute atomic E-state index is 0.0516. The Morgan fingerprint density at radius 3 is 2.72 bits per heavy atom. The van der Waals surface area contributed by atoms with Gasteiger partial charge in [0, 0.05) is 38.3 Å². The van der Waals surface area contributed by atoms with E-state index in [2.05, 4.69) is 22.1 Å². The molecular formula is C18H21ClFN3OS. The van der Waals surface area contributed by atoms with Gasteiger partial charge in [-0.05, 0) is 61.5 Å². The third-order valence-electron chi connectivity index (χ3n) is 3.84. The molecule has 2 rings (SSSR count). The maximum Gasteiger partial charge on any atom is 0.173 e. The highest BCUT2D eigenvalue weighted by atomic mass is 35.5. The number of nitrogens with one attached hydrogen (secondary N) is 1. The van der Waals surface area contributed by atoms with E-state index in [0.29, 0.717) is 17.4 Å². The second kappa shape index (κ2) is 9.65. The lowest BCUT2D eigenvalue weighted by Gasteiger charge is -2.32. The summed E-state index contributed by atoms with van der Waals surface area (Å²) in [6, 6.07) is 8.42. The molecule has 1 aromatic carbocycles. The number of methoxy groups -OCH3 is 1. The smallest absolute Gasteiger partial charge is 0.173 e. The number of rotatable bonds is 7. The van der Waals surface area contributed by atoms with Gasteiger partial charge >= 0.3 is 0 Å². The van der Waals surface area contributed by atoms with Gasteiger partial charge in [-0.2, -0.15) is 0 Å². The first-order chi connectivity index (χ1) is 12.0. The Morgan fingerprint density at radius 2 is 2.08 bits per heavy atom. The van der Waals surface area contributed by atoms with Crippen LogP contribution in [0.15, 0.2) is 42.7 Å². The van der Waals surface area contributed by atoms with E-state index < -0.39 is 5.82 Å². The van der Waals surface area contributed by atoms with Crippen molar-refractivity contribution in [3.8, 4) is 0 Å². The summed E-state index contributed by atoms with van der Waals surface area (Å²) in [5.41, 5.74) is 1.75. The zero-order valence-corrected chi connectivity index (χ0v) is 15.8. The van der Waals surface area contributed by atoms with Crippen molar-refractivity contribution in [3.05, 3.63) is 59.1 Å². The highest BCUT2D eigenvalue weighted by Gasteiger charge is 2.19. The minimum atomic E-state index is -0.458. The number of aromatic nitrogens is 1. The number of pyridine rings is 1. The zero-order valence-electron chi connectivity index (χ0n) is 14.2. The highest BCUT2D eigenvalue weighted by molar-refractivity contribution is 7.80. The molecule has 1 N–H and O–H groups in total. The molecule has 0 bridgehead atoms. The van der Waals surface area contributed by atoms with Gasteiger partial charge in [0.25, 0.3) is 0 Å². The van der Waals surface area contributed by atoms with Gasteiger partial charge in [0.2, 0.25) is 0 Å². The van der Waals surface area contributed by atoms with Gasteiger partial charge in [0.1, 0.15) is 5.82 Å². The van der Waals surface area contributed by atoms with Crippen molar-refractivity contribution in [2.45, 2.75) is 19.4 Å². The molecule has 2 aromatic rings. The van der Waals surface area contributed by atoms with Gasteiger partial charge in [-0.3, -0.25) is 4.98 Å². The van der Waals surface area contributed by atoms with Crippen LogP contribution in [-0.2, 0) is 4.74 Å². The highest BCUT2D eigenvalue weighted by Crippen LogP contribution is 2.23. The molecule has 0 aliphatic carbocycles. The molecule has 0 amide bonds. The Labute approximate surface area is 158 Å². The standard InChI is InChI=1S/C18H21ClFN3OS/c1-13(14-6-8-21-9-7-14)23(10-3-11-24-2)18(25)22-15-4-5-17(20)16(19)12-15/h4-9,12-13H,3,10-11H2,1-2H3,(H,22,25)/t13-/m0/s1. The quantitative estimate of drug-likeness (QED) is 0.557. The Kier molecular flexibility index (Phi) is 7.55. The van der Waals surface area contributed by atoms with Gasteiger partial charge in [0.15, 0.2) is 5.11 Å². The van der Waals surface area contributed by atoms with Gasteiger partial charge in [0.05, 0.1) is 11.1 Å². The molecular weight excluding hydrogens is 361 g/mol. The number of hydrogen-bond donors (Lipinski definition) is 1. The number of thiocarbonyl (C=S) groups is 1. The fourth-order valence-corrected chi connectivity index (χ4v) is 2.99. The van der Waals surface area contributed by atoms with E-state index in [-0.39, 0.29) is 11.1 Å². The Morgan fingerprint density at radius 1 is 1.36 bits per heavy atom. The topological polar surface area (TPSA) is 37.4 Å². The summed E-state index contributed by atoms with van der Waals surface area (Å²) in [6.07, 6.45) is 4.35. The molecule has 0 unspecified atom stereocenters. The monoisotopic (exact) mass is 381 g/mol. The molecule has 1 atom stereocenters. The molecule has 1 heterocycles. The predicted molar refractivity (Wildman–Crippen MR) is 103 cm³/mol. The van der Waals surface area contributed by atoms with E-state index in [4.69, 9.17) is 28.6 Å². The Bertz CT molecular complexity index is 702. The molecule has 0 saturated heterocycles. The SMILES string of the molecule is COCCCN(C(=S)Nc1ccc(F)c(Cl)c1)[C@@H](C)c1ccncc1. The van der Waals surface area contributed by atoms with Crippen molar-refractivity contribution in [3.63, 3.8) is 0 Å². The summed E-state index contributed by atoms with van der Waals surface area (Å²) in [4.78, 5) is 6.13. The molecule has 0 aliphatic heterocycles. The van der Waals surface area contributed by atoms with Crippen molar-refractivity contribution in [2.75, 3.05) is 25.6 Å². The molecule has 134 valence electrons. The fraction of sp³-hybridized carbons (Fsp3) is 0.333. The van der Waals surface area contributed by atoms with Crippen LogP contribution in [0.2, 0.25) is 5.02 Å². The van der Waals surface area contributed by atoms with Crippen LogP contribution >= 0.6 is 23.8 Å². The van der Waals surface area contributed by atoms with Crippen molar-refractivity contribution in [1.29, 1.82) is 0 Å². The second-order valence-corrected chi connectivity index (χ2v) is 6.35. The first-order valence-corrected chi connectivity index (χ1v) is 8.73. The van der Waals surface area contributed by atoms with Crippen LogP contribution in [0.25, 0.3) is 0 Å². The van der Waals surface area contributed by atoms with Crippen LogP contribution < -0.4 is 5.32 Å². The van der Waals surface area contributed by atoms with E-state index in [0.717, 1.165) is 18.5 Å². The average Bonchev–Trinajstić information content (AvgIpc) is 2.62. The van der Waals surface area contributed by atoms with Crippen LogP contribution in [-0.4, -0.2) is 35.3 Å². The average molecular weight is 382 g/mol. The Hall–Kier alpha value is -1.76. The second-order valence-electron chi connectivity index (χ2n) is 5.56. The number of ether oxygens (including phenoxy) is 1. The van der Waals surface area contributed by atoms with E-state index in [1.165, 1.54) is 12.1 Å². The number of halogens is 2. The van der Waals surface area contributed by atoms with Crippen LogP contribution in [0, 0.1) is 5.82 Å². The van der Waals surface area contributed by atoms with Crippen LogP contribution in [0.5, 0.6) is 0 Å². The summed E-state index contributed by atoms with van der Waals surface area (Å²) in [7, 11) is 1.67. The van der Waals surface area contributed by atoms with E-state index >= 15 is 0 Å². The van der Waals surface area contributed by atoms with Crippen molar-refractivity contribution < 1.29 is 9.13 Å². The third-order valence-corrected chi connectivity index (χ3v) is 4.46. The lowest BCUT2D eigenvalue weighted by molar-refractivity contribution is 0.181. The molecule has 7 heteroatoms. The molecule has 0 fully saturated rings. The fourth-order valence-electron chi connectivity index (χ4n) is 2.44. The number of benzene rings is 1. The van der Waals surface area contributed by atoms with E-state index in [9.17, 15) is 4.39 Å². The number of nitrogens with zero attached hydrogens (tertiary/aromatic N) is 2. The zero-order chi connectivity index (χ0) is 18.2. The lowest BCUT2D eigenvalue weighted by atomic mass is 10.1. The van der Waals surface area contributed by atoms with Gasteiger partial charge in [-0.15, -0.1) is 0 Å². The van der Waals surface area contributed by atoms with E-state index in [1.807, 2.05) is 12.1 Å². The van der Waals surface area contributed by atoms with Crippen LogP contribution in [0.1, 0.15) is 24.9 Å². The van der Waals surface area contributed by atoms with Gasteiger partial charge < -0.3 is 15.0 Å². The van der Waals surface area contributed by atoms with Gasteiger partial charge in [-0.1, -0.05) is 11.6 Å². The number of hydrogen-bond acceptors (Lipinski definition) is 3. The molecule has 1 aromatic heterocycles. The molecule has 0 saturated carbocycles. The minimum Gasteiger partial charge on any atom is -0.385 e. The van der Waals surface area contributed by atoms with E-state index in [1.54, 1.807) is 25.6 Å². The normalized spacial score (nSPS) is 11.8. The van der Waals surface area contributed by atoms with Crippen LogP contribution in [0.4, 0.5) is 10.1 Å².